The first-order valence-electron chi connectivity index (χ1n) is 13.9. The van der Waals surface area contributed by atoms with Crippen molar-refractivity contribution >= 4 is 33.5 Å². The van der Waals surface area contributed by atoms with Crippen molar-refractivity contribution in [2.45, 2.75) is 58.5 Å². The SMILES string of the molecule is C.COC(=O)c1ccc2cc(OC3CCCCO3)ccc2c1.O=C(O)c1ccc2cc(OC3CCCCO3)ccc2c1. The molecule has 0 radical (unpaired) electrons. The van der Waals surface area contributed by atoms with E-state index in [9.17, 15) is 9.59 Å². The van der Waals surface area contributed by atoms with Gasteiger partial charge in [-0.1, -0.05) is 31.7 Å². The van der Waals surface area contributed by atoms with Crippen molar-refractivity contribution in [1.29, 1.82) is 0 Å². The predicted molar refractivity (Wildman–Crippen MR) is 161 cm³/mol. The van der Waals surface area contributed by atoms with Gasteiger partial charge in [0.2, 0.25) is 0 Å². The summed E-state index contributed by atoms with van der Waals surface area (Å²) in [5.74, 6) is 0.309. The highest BCUT2D eigenvalue weighted by Crippen LogP contribution is 2.26. The number of rotatable bonds is 6. The molecule has 0 aliphatic carbocycles. The van der Waals surface area contributed by atoms with Gasteiger partial charge in [0.15, 0.2) is 12.6 Å². The fourth-order valence-corrected chi connectivity index (χ4v) is 4.88. The highest BCUT2D eigenvalue weighted by atomic mass is 16.7. The Morgan fingerprint density at radius 3 is 1.57 bits per heavy atom. The monoisotopic (exact) mass is 574 g/mol. The van der Waals surface area contributed by atoms with Gasteiger partial charge in [-0.25, -0.2) is 9.59 Å². The molecule has 2 unspecified atom stereocenters. The summed E-state index contributed by atoms with van der Waals surface area (Å²) in [6.45, 7) is 1.51. The maximum atomic E-state index is 11.5. The van der Waals surface area contributed by atoms with E-state index in [0.29, 0.717) is 11.1 Å². The third-order valence-electron chi connectivity index (χ3n) is 7.10. The largest absolute Gasteiger partial charge is 0.478 e. The summed E-state index contributed by atoms with van der Waals surface area (Å²) >= 11 is 0. The zero-order valence-corrected chi connectivity index (χ0v) is 23.0. The summed E-state index contributed by atoms with van der Waals surface area (Å²) < 4.78 is 27.5. The molecule has 1 N–H and O–H groups in total. The van der Waals surface area contributed by atoms with Gasteiger partial charge in [0.05, 0.1) is 31.5 Å². The summed E-state index contributed by atoms with van der Waals surface area (Å²) in [6, 6.07) is 22.0. The number of carbonyl (C=O) groups is 2. The molecule has 2 fully saturated rings. The lowest BCUT2D eigenvalue weighted by Gasteiger charge is -2.23. The number of aromatic carboxylic acids is 1. The molecule has 6 rings (SSSR count). The van der Waals surface area contributed by atoms with Gasteiger partial charge in [0.25, 0.3) is 0 Å². The zero-order chi connectivity index (χ0) is 28.6. The van der Waals surface area contributed by atoms with Gasteiger partial charge in [-0.3, -0.25) is 0 Å². The average molecular weight is 575 g/mol. The zero-order valence-electron chi connectivity index (χ0n) is 23.0. The molecule has 0 saturated carbocycles. The first-order valence-corrected chi connectivity index (χ1v) is 13.9. The number of carbonyl (C=O) groups excluding carboxylic acids is 1. The second-order valence-electron chi connectivity index (χ2n) is 10.1. The Balaban J connectivity index is 0.000000189. The van der Waals surface area contributed by atoms with E-state index in [1.807, 2.05) is 48.5 Å². The van der Waals surface area contributed by atoms with Crippen LogP contribution in [0.25, 0.3) is 21.5 Å². The predicted octanol–water partition coefficient (Wildman–Crippen LogP) is 7.61. The molecule has 4 aromatic carbocycles. The van der Waals surface area contributed by atoms with Gasteiger partial charge in [-0.2, -0.15) is 0 Å². The van der Waals surface area contributed by atoms with E-state index in [4.69, 9.17) is 28.8 Å². The van der Waals surface area contributed by atoms with Crippen LogP contribution < -0.4 is 9.47 Å². The molecular formula is C34H38O8. The molecule has 0 spiro atoms. The standard InChI is InChI=1S/C17H18O4.C16H16O4.CH4/c1-19-17(18)14-6-5-13-11-15(8-7-12(13)10-14)21-16-4-2-3-9-20-16;17-16(18)13-5-4-12-10-14(7-6-11(12)9-13)20-15-3-1-2-8-19-15;/h5-8,10-11,16H,2-4,9H2,1H3;4-7,9-10,15H,1-3,8H2,(H,17,18);1H4. The maximum absolute atomic E-state index is 11.5. The van der Waals surface area contributed by atoms with Crippen molar-refractivity contribution in [3.05, 3.63) is 83.9 Å². The van der Waals surface area contributed by atoms with Crippen LogP contribution >= 0.6 is 0 Å². The molecular weight excluding hydrogens is 536 g/mol. The second kappa shape index (κ2) is 14.7. The van der Waals surface area contributed by atoms with Gasteiger partial charge < -0.3 is 28.8 Å². The van der Waals surface area contributed by atoms with Crippen molar-refractivity contribution in [1.82, 2.24) is 0 Å². The van der Waals surface area contributed by atoms with Crippen molar-refractivity contribution in [2.24, 2.45) is 0 Å². The lowest BCUT2D eigenvalue weighted by molar-refractivity contribution is -0.106. The second-order valence-corrected chi connectivity index (χ2v) is 10.1. The Hall–Kier alpha value is -4.14. The molecule has 4 aromatic rings. The number of hydrogen-bond donors (Lipinski definition) is 1. The molecule has 8 heteroatoms. The molecule has 2 aliphatic rings. The summed E-state index contributed by atoms with van der Waals surface area (Å²) in [5, 5.41) is 12.8. The normalized spacial score (nSPS) is 18.2. The minimum atomic E-state index is -0.914. The van der Waals surface area contributed by atoms with E-state index >= 15 is 0 Å². The Morgan fingerprint density at radius 1 is 0.667 bits per heavy atom. The van der Waals surface area contributed by atoms with Gasteiger partial charge in [0, 0.05) is 12.8 Å². The lowest BCUT2D eigenvalue weighted by Crippen LogP contribution is -2.24. The first-order chi connectivity index (χ1) is 20.0. The molecule has 222 valence electrons. The van der Waals surface area contributed by atoms with Gasteiger partial charge in [0.1, 0.15) is 11.5 Å². The molecule has 8 nitrogen and oxygen atoms in total. The van der Waals surface area contributed by atoms with Crippen LogP contribution in [0.3, 0.4) is 0 Å². The third kappa shape index (κ3) is 7.99. The van der Waals surface area contributed by atoms with E-state index in [1.165, 1.54) is 7.11 Å². The number of hydrogen-bond acceptors (Lipinski definition) is 7. The molecule has 2 saturated heterocycles. The average Bonchev–Trinajstić information content (AvgIpc) is 3.01. The molecule has 2 atom stereocenters. The van der Waals surface area contributed by atoms with Crippen LogP contribution in [0, 0.1) is 0 Å². The maximum Gasteiger partial charge on any atom is 0.337 e. The number of benzene rings is 4. The van der Waals surface area contributed by atoms with Gasteiger partial charge >= 0.3 is 11.9 Å². The van der Waals surface area contributed by atoms with Crippen LogP contribution in [0.15, 0.2) is 72.8 Å². The summed E-state index contributed by atoms with van der Waals surface area (Å²) in [5.41, 5.74) is 0.844. The number of carboxylic acids is 1. The van der Waals surface area contributed by atoms with E-state index in [-0.39, 0.29) is 26.0 Å². The van der Waals surface area contributed by atoms with Crippen LogP contribution in [0.2, 0.25) is 0 Å². The fourth-order valence-electron chi connectivity index (χ4n) is 4.88. The van der Waals surface area contributed by atoms with Crippen molar-refractivity contribution in [2.75, 3.05) is 20.3 Å². The molecule has 0 aromatic heterocycles. The first kappa shape index (κ1) is 30.8. The number of carboxylic acid groups (broad SMARTS) is 1. The van der Waals surface area contributed by atoms with Crippen molar-refractivity contribution in [3.63, 3.8) is 0 Å². The molecule has 2 heterocycles. The van der Waals surface area contributed by atoms with Gasteiger partial charge in [-0.05, 0) is 95.8 Å². The van der Waals surface area contributed by atoms with E-state index < -0.39 is 5.97 Å². The van der Waals surface area contributed by atoms with Gasteiger partial charge in [-0.15, -0.1) is 0 Å². The van der Waals surface area contributed by atoms with Crippen LogP contribution in [0.4, 0.5) is 0 Å². The number of esters is 1. The molecule has 0 amide bonds. The van der Waals surface area contributed by atoms with E-state index in [1.54, 1.807) is 24.3 Å². The van der Waals surface area contributed by atoms with Crippen molar-refractivity contribution < 1.29 is 38.4 Å². The van der Waals surface area contributed by atoms with Crippen LogP contribution in [-0.4, -0.2) is 49.9 Å². The summed E-state index contributed by atoms with van der Waals surface area (Å²) in [7, 11) is 1.38. The molecule has 2 aliphatic heterocycles. The summed E-state index contributed by atoms with van der Waals surface area (Å²) in [4.78, 5) is 22.5. The van der Waals surface area contributed by atoms with E-state index in [2.05, 4.69) is 0 Å². The topological polar surface area (TPSA) is 101 Å². The van der Waals surface area contributed by atoms with Crippen molar-refractivity contribution in [3.8, 4) is 11.5 Å². The van der Waals surface area contributed by atoms with Crippen LogP contribution in [-0.2, 0) is 14.2 Å². The smallest absolute Gasteiger partial charge is 0.337 e. The van der Waals surface area contributed by atoms with E-state index in [0.717, 1.165) is 84.8 Å². The molecule has 0 bridgehead atoms. The minimum absolute atomic E-state index is 0. The Kier molecular flexibility index (Phi) is 10.8. The van der Waals surface area contributed by atoms with Crippen LogP contribution in [0.1, 0.15) is 66.7 Å². The number of ether oxygens (including phenoxy) is 5. The molecule has 42 heavy (non-hydrogen) atoms. The quantitative estimate of drug-likeness (QED) is 0.235. The number of fused-ring (bicyclic) bond motifs is 2. The Labute approximate surface area is 246 Å². The summed E-state index contributed by atoms with van der Waals surface area (Å²) in [6.07, 6.45) is 5.99. The highest BCUT2D eigenvalue weighted by molar-refractivity contribution is 5.96. The van der Waals surface area contributed by atoms with Crippen LogP contribution in [0.5, 0.6) is 11.5 Å². The fraction of sp³-hybridized carbons (Fsp3) is 0.353. The third-order valence-corrected chi connectivity index (χ3v) is 7.10. The lowest BCUT2D eigenvalue weighted by atomic mass is 10.1. The highest BCUT2D eigenvalue weighted by Gasteiger charge is 2.16. The number of methoxy groups -OCH3 is 1. The minimum Gasteiger partial charge on any atom is -0.478 e. The Bertz CT molecular complexity index is 1500. The Morgan fingerprint density at radius 2 is 1.12 bits per heavy atom.